The summed E-state index contributed by atoms with van der Waals surface area (Å²) in [5.41, 5.74) is 2.14. The Morgan fingerprint density at radius 3 is 2.52 bits per heavy atom. The predicted octanol–water partition coefficient (Wildman–Crippen LogP) is 3.40. The zero-order valence-corrected chi connectivity index (χ0v) is 15.8. The fourth-order valence-corrected chi connectivity index (χ4v) is 3.41. The lowest BCUT2D eigenvalue weighted by Crippen LogP contribution is -2.28. The summed E-state index contributed by atoms with van der Waals surface area (Å²) >= 11 is 0. The lowest BCUT2D eigenvalue weighted by atomic mass is 9.93. The van der Waals surface area contributed by atoms with E-state index >= 15 is 0 Å². The lowest BCUT2D eigenvalue weighted by molar-refractivity contribution is -0.155. The average Bonchev–Trinajstić information content (AvgIpc) is 2.78. The molecule has 0 bridgehead atoms. The SMILES string of the molecule is CCOC(=O)c1c2c(n(CC(=O)OC(C)(C)C)c1CC)CCC(F)C2. The number of esters is 2. The van der Waals surface area contributed by atoms with Crippen LogP contribution in [0.5, 0.6) is 0 Å². The van der Waals surface area contributed by atoms with Crippen LogP contribution in [0.1, 0.15) is 68.3 Å². The zero-order valence-electron chi connectivity index (χ0n) is 15.8. The van der Waals surface area contributed by atoms with Gasteiger partial charge in [0.15, 0.2) is 0 Å². The van der Waals surface area contributed by atoms with E-state index in [2.05, 4.69) is 0 Å². The Labute approximate surface area is 148 Å². The maximum absolute atomic E-state index is 14.0. The monoisotopic (exact) mass is 353 g/mol. The highest BCUT2D eigenvalue weighted by Crippen LogP contribution is 2.32. The third-order valence-corrected chi connectivity index (χ3v) is 4.23. The predicted molar refractivity (Wildman–Crippen MR) is 92.5 cm³/mol. The van der Waals surface area contributed by atoms with E-state index in [0.717, 1.165) is 11.4 Å². The molecule has 1 unspecified atom stereocenters. The standard InChI is InChI=1S/C19H28FNO4/c1-6-14-17(18(23)24-7-2)13-10-12(20)8-9-15(13)21(14)11-16(22)25-19(3,4)5/h12H,6-11H2,1-5H3. The minimum Gasteiger partial charge on any atom is -0.462 e. The second kappa shape index (κ2) is 7.58. The van der Waals surface area contributed by atoms with Gasteiger partial charge in [-0.3, -0.25) is 4.79 Å². The van der Waals surface area contributed by atoms with Crippen molar-refractivity contribution in [2.75, 3.05) is 6.61 Å². The molecule has 0 aliphatic heterocycles. The molecular formula is C19H28FNO4. The maximum atomic E-state index is 14.0. The molecule has 1 aromatic heterocycles. The summed E-state index contributed by atoms with van der Waals surface area (Å²) < 4.78 is 26.4. The van der Waals surface area contributed by atoms with Crippen molar-refractivity contribution < 1.29 is 23.5 Å². The second-order valence-electron chi connectivity index (χ2n) is 7.33. The minimum absolute atomic E-state index is 0.0269. The quantitative estimate of drug-likeness (QED) is 0.762. The van der Waals surface area contributed by atoms with Crippen LogP contribution < -0.4 is 0 Å². The molecule has 0 saturated carbocycles. The largest absolute Gasteiger partial charge is 0.462 e. The summed E-state index contributed by atoms with van der Waals surface area (Å²) in [6, 6.07) is 0. The average molecular weight is 353 g/mol. The Bertz CT molecular complexity index is 657. The minimum atomic E-state index is -0.970. The fraction of sp³-hybridized carbons (Fsp3) is 0.684. The Kier molecular flexibility index (Phi) is 5.91. The summed E-state index contributed by atoms with van der Waals surface area (Å²) in [6.45, 7) is 9.39. The Hall–Kier alpha value is -1.85. The van der Waals surface area contributed by atoms with Crippen LogP contribution in [0.4, 0.5) is 4.39 Å². The van der Waals surface area contributed by atoms with Crippen molar-refractivity contribution in [3.05, 3.63) is 22.5 Å². The molecule has 0 amide bonds. The molecule has 0 radical (unpaired) electrons. The first kappa shape index (κ1) is 19.5. The van der Waals surface area contributed by atoms with Gasteiger partial charge in [-0.05, 0) is 52.5 Å². The molecule has 5 nitrogen and oxygen atoms in total. The normalized spacial score (nSPS) is 17.1. The van der Waals surface area contributed by atoms with E-state index in [4.69, 9.17) is 9.47 Å². The van der Waals surface area contributed by atoms with Gasteiger partial charge in [0.05, 0.1) is 12.2 Å². The van der Waals surface area contributed by atoms with E-state index in [-0.39, 0.29) is 25.5 Å². The topological polar surface area (TPSA) is 57.5 Å². The number of carbonyl (C=O) groups excluding carboxylic acids is 2. The highest BCUT2D eigenvalue weighted by Gasteiger charge is 2.32. The third-order valence-electron chi connectivity index (χ3n) is 4.23. The Balaban J connectivity index is 2.46. The number of nitrogens with zero attached hydrogens (tertiary/aromatic N) is 1. The number of hydrogen-bond donors (Lipinski definition) is 0. The molecule has 1 atom stereocenters. The van der Waals surface area contributed by atoms with Gasteiger partial charge >= 0.3 is 11.9 Å². The number of carbonyl (C=O) groups is 2. The molecule has 0 saturated heterocycles. The molecule has 2 rings (SSSR count). The van der Waals surface area contributed by atoms with Gasteiger partial charge in [-0.25, -0.2) is 9.18 Å². The molecule has 140 valence electrons. The van der Waals surface area contributed by atoms with Crippen molar-refractivity contribution in [2.45, 2.75) is 78.6 Å². The van der Waals surface area contributed by atoms with Gasteiger partial charge in [0.2, 0.25) is 0 Å². The maximum Gasteiger partial charge on any atom is 0.340 e. The molecule has 1 heterocycles. The van der Waals surface area contributed by atoms with Crippen molar-refractivity contribution in [1.82, 2.24) is 4.57 Å². The smallest absolute Gasteiger partial charge is 0.340 e. The van der Waals surface area contributed by atoms with Crippen LogP contribution in [0.15, 0.2) is 0 Å². The summed E-state index contributed by atoms with van der Waals surface area (Å²) in [5.74, 6) is -0.801. The van der Waals surface area contributed by atoms with Crippen molar-refractivity contribution >= 4 is 11.9 Å². The van der Waals surface area contributed by atoms with Crippen LogP contribution in [0.25, 0.3) is 0 Å². The first-order valence-electron chi connectivity index (χ1n) is 8.94. The molecule has 1 aliphatic rings. The van der Waals surface area contributed by atoms with Crippen molar-refractivity contribution in [2.24, 2.45) is 0 Å². The number of hydrogen-bond acceptors (Lipinski definition) is 4. The highest BCUT2D eigenvalue weighted by atomic mass is 19.1. The molecule has 0 spiro atoms. The fourth-order valence-electron chi connectivity index (χ4n) is 3.41. The molecule has 0 fully saturated rings. The van der Waals surface area contributed by atoms with Crippen LogP contribution in [-0.4, -0.2) is 34.9 Å². The molecule has 1 aromatic rings. The zero-order chi connectivity index (χ0) is 18.8. The number of rotatable bonds is 5. The number of aromatic nitrogens is 1. The number of alkyl halides is 1. The summed E-state index contributed by atoms with van der Waals surface area (Å²) in [5, 5.41) is 0. The van der Waals surface area contributed by atoms with Gasteiger partial charge in [-0.2, -0.15) is 0 Å². The van der Waals surface area contributed by atoms with Gasteiger partial charge < -0.3 is 14.0 Å². The highest BCUT2D eigenvalue weighted by molar-refractivity contribution is 5.93. The van der Waals surface area contributed by atoms with Crippen LogP contribution in [0.3, 0.4) is 0 Å². The molecule has 25 heavy (non-hydrogen) atoms. The van der Waals surface area contributed by atoms with E-state index < -0.39 is 17.7 Å². The summed E-state index contributed by atoms with van der Waals surface area (Å²) in [7, 11) is 0. The van der Waals surface area contributed by atoms with E-state index in [1.165, 1.54) is 0 Å². The van der Waals surface area contributed by atoms with Gasteiger partial charge in [-0.1, -0.05) is 6.92 Å². The van der Waals surface area contributed by atoms with Crippen molar-refractivity contribution in [3.8, 4) is 0 Å². The van der Waals surface area contributed by atoms with E-state index in [1.807, 2.05) is 32.3 Å². The first-order valence-corrected chi connectivity index (χ1v) is 8.94. The Morgan fingerprint density at radius 2 is 1.96 bits per heavy atom. The van der Waals surface area contributed by atoms with E-state index in [1.54, 1.807) is 6.92 Å². The van der Waals surface area contributed by atoms with Crippen LogP contribution in [0.2, 0.25) is 0 Å². The van der Waals surface area contributed by atoms with E-state index in [0.29, 0.717) is 30.4 Å². The van der Waals surface area contributed by atoms with Crippen molar-refractivity contribution in [3.63, 3.8) is 0 Å². The molecule has 0 N–H and O–H groups in total. The van der Waals surface area contributed by atoms with Gasteiger partial charge in [0.1, 0.15) is 18.3 Å². The molecule has 0 aromatic carbocycles. The first-order chi connectivity index (χ1) is 11.7. The van der Waals surface area contributed by atoms with Gasteiger partial charge in [0.25, 0.3) is 0 Å². The van der Waals surface area contributed by atoms with Crippen LogP contribution >= 0.6 is 0 Å². The molecule has 6 heteroatoms. The number of halogens is 1. The lowest BCUT2D eigenvalue weighted by Gasteiger charge is -2.22. The second-order valence-corrected chi connectivity index (χ2v) is 7.33. The van der Waals surface area contributed by atoms with Crippen molar-refractivity contribution in [1.29, 1.82) is 0 Å². The Morgan fingerprint density at radius 1 is 1.28 bits per heavy atom. The number of fused-ring (bicyclic) bond motifs is 1. The molecular weight excluding hydrogens is 325 g/mol. The van der Waals surface area contributed by atoms with Gasteiger partial charge in [-0.15, -0.1) is 0 Å². The number of ether oxygens (including phenoxy) is 2. The summed E-state index contributed by atoms with van der Waals surface area (Å²) in [4.78, 5) is 24.8. The van der Waals surface area contributed by atoms with Gasteiger partial charge in [0, 0.05) is 17.8 Å². The third kappa shape index (κ3) is 4.41. The van der Waals surface area contributed by atoms with E-state index in [9.17, 15) is 14.0 Å². The van der Waals surface area contributed by atoms with Crippen LogP contribution in [-0.2, 0) is 40.1 Å². The summed E-state index contributed by atoms with van der Waals surface area (Å²) in [6.07, 6.45) is 0.684. The molecule has 1 aliphatic carbocycles. The van der Waals surface area contributed by atoms with Crippen LogP contribution in [0, 0.1) is 0 Å².